The number of fused-ring (bicyclic) bond motifs is 3. The molecule has 2 heterocycles. The zero-order valence-corrected chi connectivity index (χ0v) is 13.4. The van der Waals surface area contributed by atoms with Crippen molar-refractivity contribution < 1.29 is 9.13 Å². The minimum absolute atomic E-state index is 0. The Balaban J connectivity index is 0.00000169. The van der Waals surface area contributed by atoms with Gasteiger partial charge in [-0.3, -0.25) is 4.79 Å². The largest absolute Gasteiger partial charge is 0.497 e. The molecule has 0 unspecified atom stereocenters. The van der Waals surface area contributed by atoms with Crippen LogP contribution in [-0.2, 0) is 0 Å². The third kappa shape index (κ3) is 2.41. The Morgan fingerprint density at radius 1 is 1.17 bits per heavy atom. The topological polar surface area (TPSA) is 59.9 Å². The number of aromatic amines is 1. The molecule has 0 saturated heterocycles. The van der Waals surface area contributed by atoms with Gasteiger partial charge in [-0.25, -0.2) is 4.39 Å². The fraction of sp³-hybridized carbons (Fsp3) is 0.0588. The van der Waals surface area contributed by atoms with E-state index in [0.29, 0.717) is 22.7 Å². The highest BCUT2D eigenvalue weighted by atomic mass is 35.5. The maximum atomic E-state index is 13.1. The number of ether oxygens (including phenoxy) is 1. The summed E-state index contributed by atoms with van der Waals surface area (Å²) in [5, 5.41) is 5.21. The fourth-order valence-corrected chi connectivity index (χ4v) is 2.62. The molecule has 4 rings (SSSR count). The molecule has 0 aliphatic carbocycles. The van der Waals surface area contributed by atoms with E-state index >= 15 is 0 Å². The first-order chi connectivity index (χ1) is 11.2. The van der Waals surface area contributed by atoms with Crippen molar-refractivity contribution in [1.82, 2.24) is 14.8 Å². The van der Waals surface area contributed by atoms with E-state index < -0.39 is 0 Å². The summed E-state index contributed by atoms with van der Waals surface area (Å²) in [6, 6.07) is 11.2. The van der Waals surface area contributed by atoms with Crippen LogP contribution in [0, 0.1) is 5.82 Å². The van der Waals surface area contributed by atoms with Crippen molar-refractivity contribution in [2.45, 2.75) is 0 Å². The number of H-pyrrole nitrogens is 1. The SMILES string of the molecule is COc1ccc2[nH]cc3c(=O)n(-c4ccc(F)cc4)nc-3c2c1.Cl. The van der Waals surface area contributed by atoms with Gasteiger partial charge in [-0.05, 0) is 42.5 Å². The molecule has 0 radical (unpaired) electrons. The lowest BCUT2D eigenvalue weighted by atomic mass is 10.1. The Bertz CT molecular complexity index is 1040. The molecular formula is C17H13ClFN3O2. The molecule has 2 aromatic rings. The Hall–Kier alpha value is -2.86. The van der Waals surface area contributed by atoms with Crippen molar-refractivity contribution in [1.29, 1.82) is 0 Å². The van der Waals surface area contributed by atoms with E-state index in [4.69, 9.17) is 4.74 Å². The molecule has 0 atom stereocenters. The molecule has 2 aliphatic heterocycles. The Morgan fingerprint density at radius 3 is 2.62 bits per heavy atom. The normalized spacial score (nSPS) is 10.8. The molecule has 122 valence electrons. The van der Waals surface area contributed by atoms with Gasteiger partial charge in [0.1, 0.15) is 17.3 Å². The summed E-state index contributed by atoms with van der Waals surface area (Å²) < 4.78 is 19.6. The summed E-state index contributed by atoms with van der Waals surface area (Å²) in [5.41, 5.74) is 2.15. The number of pyridine rings is 1. The van der Waals surface area contributed by atoms with E-state index in [2.05, 4.69) is 10.1 Å². The highest BCUT2D eigenvalue weighted by molar-refractivity contribution is 5.94. The highest BCUT2D eigenvalue weighted by Gasteiger charge is 2.19. The fourth-order valence-electron chi connectivity index (χ4n) is 2.62. The molecule has 0 saturated carbocycles. The van der Waals surface area contributed by atoms with E-state index in [1.165, 1.54) is 28.9 Å². The number of hydrogen-bond acceptors (Lipinski definition) is 3. The monoisotopic (exact) mass is 345 g/mol. The lowest BCUT2D eigenvalue weighted by molar-refractivity contribution is 0.415. The van der Waals surface area contributed by atoms with Crippen LogP contribution in [0.2, 0.25) is 0 Å². The van der Waals surface area contributed by atoms with Crippen LogP contribution in [0.15, 0.2) is 53.5 Å². The van der Waals surface area contributed by atoms with Crippen LogP contribution in [0.25, 0.3) is 27.8 Å². The van der Waals surface area contributed by atoms with Crippen molar-refractivity contribution in [2.75, 3.05) is 7.11 Å². The number of rotatable bonds is 2. The van der Waals surface area contributed by atoms with Crippen molar-refractivity contribution in [3.05, 3.63) is 64.8 Å². The molecule has 5 nitrogen and oxygen atoms in total. The van der Waals surface area contributed by atoms with E-state index in [0.717, 1.165) is 10.9 Å². The second kappa shape index (κ2) is 5.98. The van der Waals surface area contributed by atoms with Gasteiger partial charge in [0.2, 0.25) is 0 Å². The van der Waals surface area contributed by atoms with Crippen LogP contribution in [0.1, 0.15) is 0 Å². The average molecular weight is 346 g/mol. The van der Waals surface area contributed by atoms with Gasteiger partial charge in [-0.15, -0.1) is 12.4 Å². The molecule has 0 aromatic heterocycles. The zero-order chi connectivity index (χ0) is 16.0. The summed E-state index contributed by atoms with van der Waals surface area (Å²) >= 11 is 0. The second-order valence-electron chi connectivity index (χ2n) is 5.16. The number of nitrogens with one attached hydrogen (secondary N) is 1. The number of hydrogen-bond donors (Lipinski definition) is 1. The number of halogens is 2. The van der Waals surface area contributed by atoms with Crippen molar-refractivity contribution >= 4 is 23.3 Å². The van der Waals surface area contributed by atoms with Gasteiger partial charge in [0, 0.05) is 17.1 Å². The first-order valence-electron chi connectivity index (χ1n) is 7.01. The highest BCUT2D eigenvalue weighted by Crippen LogP contribution is 2.28. The first kappa shape index (κ1) is 16.0. The van der Waals surface area contributed by atoms with Crippen LogP contribution < -0.4 is 10.3 Å². The molecule has 1 N–H and O–H groups in total. The van der Waals surface area contributed by atoms with Crippen molar-refractivity contribution in [3.8, 4) is 22.7 Å². The van der Waals surface area contributed by atoms with Crippen LogP contribution >= 0.6 is 12.4 Å². The lowest BCUT2D eigenvalue weighted by Gasteiger charge is -2.05. The van der Waals surface area contributed by atoms with Crippen LogP contribution in [-0.4, -0.2) is 21.9 Å². The van der Waals surface area contributed by atoms with Gasteiger partial charge in [-0.1, -0.05) is 0 Å². The van der Waals surface area contributed by atoms with Gasteiger partial charge in [-0.2, -0.15) is 9.78 Å². The van der Waals surface area contributed by atoms with Crippen LogP contribution in [0.3, 0.4) is 0 Å². The van der Waals surface area contributed by atoms with E-state index in [9.17, 15) is 9.18 Å². The van der Waals surface area contributed by atoms with Crippen LogP contribution in [0.5, 0.6) is 5.75 Å². The molecule has 0 bridgehead atoms. The predicted molar refractivity (Wildman–Crippen MR) is 92.1 cm³/mol. The third-order valence-corrected chi connectivity index (χ3v) is 3.80. The third-order valence-electron chi connectivity index (χ3n) is 3.80. The number of benzene rings is 2. The van der Waals surface area contributed by atoms with Gasteiger partial charge >= 0.3 is 0 Å². The van der Waals surface area contributed by atoms with Crippen molar-refractivity contribution in [2.24, 2.45) is 0 Å². The van der Waals surface area contributed by atoms with Crippen molar-refractivity contribution in [3.63, 3.8) is 0 Å². The maximum absolute atomic E-state index is 13.1. The number of methoxy groups -OCH3 is 1. The first-order valence-corrected chi connectivity index (χ1v) is 7.01. The quantitative estimate of drug-likeness (QED) is 0.606. The zero-order valence-electron chi connectivity index (χ0n) is 12.6. The van der Waals surface area contributed by atoms with Gasteiger partial charge in [0.25, 0.3) is 5.56 Å². The molecule has 2 aliphatic rings. The smallest absolute Gasteiger partial charge is 0.282 e. The standard InChI is InChI=1S/C17H12FN3O2.ClH/c1-23-12-6-7-15-13(8-12)16-14(9-19-15)17(22)21(20-16)11-4-2-10(18)3-5-11;/h2-9,19H,1H3;1H. The summed E-state index contributed by atoms with van der Waals surface area (Å²) in [6.45, 7) is 0. The molecule has 0 amide bonds. The summed E-state index contributed by atoms with van der Waals surface area (Å²) in [7, 11) is 1.58. The molecular weight excluding hydrogens is 333 g/mol. The number of aromatic nitrogens is 3. The summed E-state index contributed by atoms with van der Waals surface area (Å²) in [5.74, 6) is 0.323. The van der Waals surface area contributed by atoms with Gasteiger partial charge < -0.3 is 9.72 Å². The minimum atomic E-state index is -0.360. The van der Waals surface area contributed by atoms with E-state index in [1.54, 1.807) is 13.3 Å². The minimum Gasteiger partial charge on any atom is -0.497 e. The Kier molecular flexibility index (Phi) is 3.99. The van der Waals surface area contributed by atoms with Gasteiger partial charge in [0.15, 0.2) is 0 Å². The predicted octanol–water partition coefficient (Wildman–Crippen LogP) is 3.39. The molecule has 0 spiro atoms. The summed E-state index contributed by atoms with van der Waals surface area (Å²) in [6.07, 6.45) is 1.64. The lowest BCUT2D eigenvalue weighted by Crippen LogP contribution is -2.14. The average Bonchev–Trinajstić information content (AvgIpc) is 2.92. The van der Waals surface area contributed by atoms with E-state index in [1.807, 2.05) is 18.2 Å². The molecule has 24 heavy (non-hydrogen) atoms. The maximum Gasteiger partial charge on any atom is 0.282 e. The van der Waals surface area contributed by atoms with Crippen LogP contribution in [0.4, 0.5) is 4.39 Å². The van der Waals surface area contributed by atoms with Gasteiger partial charge in [0.05, 0.1) is 18.4 Å². The molecule has 7 heteroatoms. The second-order valence-corrected chi connectivity index (χ2v) is 5.16. The molecule has 0 fully saturated rings. The number of nitrogens with zero attached hydrogens (tertiary/aromatic N) is 2. The Labute approximate surface area is 142 Å². The van der Waals surface area contributed by atoms with E-state index in [-0.39, 0.29) is 23.8 Å². The molecule has 2 aromatic carbocycles. The Morgan fingerprint density at radius 2 is 1.92 bits per heavy atom. The summed E-state index contributed by atoms with van der Waals surface area (Å²) in [4.78, 5) is 15.7.